The highest BCUT2D eigenvalue weighted by Gasteiger charge is 2.22. The second kappa shape index (κ2) is 6.51. The van der Waals surface area contributed by atoms with Crippen molar-refractivity contribution in [3.05, 3.63) is 28.0 Å². The van der Waals surface area contributed by atoms with E-state index in [2.05, 4.69) is 25.7 Å². The van der Waals surface area contributed by atoms with Crippen molar-refractivity contribution < 1.29 is 9.32 Å². The van der Waals surface area contributed by atoms with Gasteiger partial charge in [0.2, 0.25) is 5.13 Å². The normalized spacial score (nSPS) is 15.6. The highest BCUT2D eigenvalue weighted by Crippen LogP contribution is 2.35. The molecule has 0 spiro atoms. The van der Waals surface area contributed by atoms with E-state index < -0.39 is 0 Å². The summed E-state index contributed by atoms with van der Waals surface area (Å²) in [6.07, 6.45) is 6.10. The van der Waals surface area contributed by atoms with Gasteiger partial charge in [0, 0.05) is 11.6 Å². The Kier molecular flexibility index (Phi) is 4.20. The van der Waals surface area contributed by atoms with Crippen LogP contribution in [0.25, 0.3) is 11.1 Å². The van der Waals surface area contributed by atoms with E-state index in [0.29, 0.717) is 39.1 Å². The molecule has 0 radical (unpaired) electrons. The Balaban J connectivity index is 1.58. The molecule has 1 fully saturated rings. The van der Waals surface area contributed by atoms with Gasteiger partial charge in [-0.05, 0) is 32.8 Å². The second-order valence-corrected chi connectivity index (χ2v) is 7.50. The van der Waals surface area contributed by atoms with Crippen molar-refractivity contribution in [3.63, 3.8) is 0 Å². The average molecular weight is 357 g/mol. The summed E-state index contributed by atoms with van der Waals surface area (Å²) >= 11 is 1.47. The lowest BCUT2D eigenvalue weighted by Crippen LogP contribution is -2.13. The first kappa shape index (κ1) is 16.1. The molecule has 0 atom stereocenters. The van der Waals surface area contributed by atoms with Gasteiger partial charge >= 0.3 is 0 Å². The van der Waals surface area contributed by atoms with Crippen LogP contribution in [-0.4, -0.2) is 26.2 Å². The minimum Gasteiger partial charge on any atom is -0.336 e. The molecule has 0 aliphatic heterocycles. The molecule has 1 aliphatic carbocycles. The van der Waals surface area contributed by atoms with E-state index >= 15 is 0 Å². The summed E-state index contributed by atoms with van der Waals surface area (Å²) in [5, 5.41) is 17.4. The fourth-order valence-electron chi connectivity index (χ4n) is 3.36. The number of nitrogens with zero attached hydrogens (tertiary/aromatic N) is 4. The number of anilines is 1. The number of hydrogen-bond acceptors (Lipinski definition) is 7. The van der Waals surface area contributed by atoms with Crippen LogP contribution in [0.15, 0.2) is 10.6 Å². The molecule has 1 aliphatic rings. The second-order valence-electron chi connectivity index (χ2n) is 6.49. The number of hydrogen-bond donors (Lipinski definition) is 1. The number of aromatic nitrogens is 4. The molecule has 0 aromatic carbocycles. The lowest BCUT2D eigenvalue weighted by molar-refractivity contribution is 0.102. The van der Waals surface area contributed by atoms with Crippen LogP contribution in [0.5, 0.6) is 0 Å². The summed E-state index contributed by atoms with van der Waals surface area (Å²) < 4.78 is 5.19. The first-order valence-corrected chi connectivity index (χ1v) is 9.32. The third kappa shape index (κ3) is 3.13. The van der Waals surface area contributed by atoms with E-state index in [1.807, 2.05) is 6.92 Å². The molecule has 3 heterocycles. The molecule has 1 amide bonds. The lowest BCUT2D eigenvalue weighted by Gasteiger charge is -2.18. The third-order valence-corrected chi connectivity index (χ3v) is 5.61. The van der Waals surface area contributed by atoms with Gasteiger partial charge in [-0.25, -0.2) is 4.98 Å². The van der Waals surface area contributed by atoms with E-state index in [1.165, 1.54) is 30.6 Å². The Bertz CT molecular complexity index is 926. The van der Waals surface area contributed by atoms with Crippen LogP contribution >= 0.6 is 11.3 Å². The van der Waals surface area contributed by atoms with Crippen molar-refractivity contribution in [2.45, 2.75) is 51.9 Å². The van der Waals surface area contributed by atoms with Crippen molar-refractivity contribution in [2.24, 2.45) is 0 Å². The summed E-state index contributed by atoms with van der Waals surface area (Å²) in [6, 6.07) is 1.74. The molecule has 7 nitrogen and oxygen atoms in total. The fourth-order valence-corrected chi connectivity index (χ4v) is 4.27. The molecule has 3 aromatic heterocycles. The van der Waals surface area contributed by atoms with Crippen molar-refractivity contribution >= 4 is 33.5 Å². The van der Waals surface area contributed by atoms with Gasteiger partial charge in [0.15, 0.2) is 0 Å². The zero-order chi connectivity index (χ0) is 17.4. The first-order chi connectivity index (χ1) is 12.1. The zero-order valence-electron chi connectivity index (χ0n) is 14.2. The number of carbonyl (C=O) groups excluding carboxylic acids is 1. The average Bonchev–Trinajstić information content (AvgIpc) is 3.22. The third-order valence-electron chi connectivity index (χ3n) is 4.61. The van der Waals surface area contributed by atoms with Crippen LogP contribution in [0.2, 0.25) is 0 Å². The monoisotopic (exact) mass is 357 g/mol. The van der Waals surface area contributed by atoms with E-state index in [0.717, 1.165) is 17.8 Å². The van der Waals surface area contributed by atoms with E-state index in [1.54, 1.807) is 13.0 Å². The Labute approximate surface area is 148 Å². The maximum atomic E-state index is 12.7. The van der Waals surface area contributed by atoms with Crippen molar-refractivity contribution in [2.75, 3.05) is 5.32 Å². The van der Waals surface area contributed by atoms with Crippen LogP contribution in [0, 0.1) is 13.8 Å². The van der Waals surface area contributed by atoms with E-state index in [-0.39, 0.29) is 5.91 Å². The standard InChI is InChI=1S/C17H19N5O2S/c1-9-8-12(13-10(2)22-24-15(13)18-9)14(23)19-17-21-20-16(25-17)11-6-4-3-5-7-11/h8,11H,3-7H2,1-2H3,(H,19,21,23). The molecule has 0 saturated heterocycles. The van der Waals surface area contributed by atoms with Crippen LogP contribution in [0.1, 0.15) is 64.8 Å². The molecular formula is C17H19N5O2S. The van der Waals surface area contributed by atoms with Crippen molar-refractivity contribution in [1.82, 2.24) is 20.3 Å². The van der Waals surface area contributed by atoms with Crippen LogP contribution in [-0.2, 0) is 0 Å². The SMILES string of the molecule is Cc1cc(C(=O)Nc2nnc(C3CCCCC3)s2)c2c(C)noc2n1. The highest BCUT2D eigenvalue weighted by molar-refractivity contribution is 7.15. The van der Waals surface area contributed by atoms with Gasteiger partial charge in [-0.3, -0.25) is 10.1 Å². The molecule has 25 heavy (non-hydrogen) atoms. The molecular weight excluding hydrogens is 338 g/mol. The Hall–Kier alpha value is -2.35. The minimum atomic E-state index is -0.242. The van der Waals surface area contributed by atoms with Crippen molar-refractivity contribution in [3.8, 4) is 0 Å². The molecule has 4 rings (SSSR count). The van der Waals surface area contributed by atoms with Gasteiger partial charge in [0.25, 0.3) is 11.6 Å². The molecule has 8 heteroatoms. The van der Waals surface area contributed by atoms with Gasteiger partial charge < -0.3 is 4.52 Å². The summed E-state index contributed by atoms with van der Waals surface area (Å²) in [7, 11) is 0. The topological polar surface area (TPSA) is 93.8 Å². The Morgan fingerprint density at radius 3 is 2.84 bits per heavy atom. The molecule has 130 valence electrons. The highest BCUT2D eigenvalue weighted by atomic mass is 32.1. The smallest absolute Gasteiger partial charge is 0.258 e. The molecule has 0 unspecified atom stereocenters. The predicted molar refractivity (Wildman–Crippen MR) is 95.0 cm³/mol. The predicted octanol–water partition coefficient (Wildman–Crippen LogP) is 3.99. The number of pyridine rings is 1. The van der Waals surface area contributed by atoms with Gasteiger partial charge in [0.05, 0.1) is 16.6 Å². The van der Waals surface area contributed by atoms with Crippen LogP contribution < -0.4 is 5.32 Å². The maximum absolute atomic E-state index is 12.7. The first-order valence-electron chi connectivity index (χ1n) is 8.50. The van der Waals surface area contributed by atoms with Crippen LogP contribution in [0.3, 0.4) is 0 Å². The molecule has 1 N–H and O–H groups in total. The maximum Gasteiger partial charge on any atom is 0.258 e. The number of rotatable bonds is 3. The van der Waals surface area contributed by atoms with Gasteiger partial charge in [-0.2, -0.15) is 0 Å². The van der Waals surface area contributed by atoms with Crippen LogP contribution in [0.4, 0.5) is 5.13 Å². The quantitative estimate of drug-likeness (QED) is 0.761. The summed E-state index contributed by atoms with van der Waals surface area (Å²) in [6.45, 7) is 3.62. The van der Waals surface area contributed by atoms with Gasteiger partial charge in [0.1, 0.15) is 5.01 Å². The summed E-state index contributed by atoms with van der Waals surface area (Å²) in [5.74, 6) is 0.236. The molecule has 1 saturated carbocycles. The number of amides is 1. The summed E-state index contributed by atoms with van der Waals surface area (Å²) in [5.41, 5.74) is 2.22. The van der Waals surface area contributed by atoms with E-state index in [9.17, 15) is 4.79 Å². The summed E-state index contributed by atoms with van der Waals surface area (Å²) in [4.78, 5) is 17.0. The fraction of sp³-hybridized carbons (Fsp3) is 0.471. The van der Waals surface area contributed by atoms with Gasteiger partial charge in [-0.15, -0.1) is 10.2 Å². The number of aryl methyl sites for hydroxylation is 2. The minimum absolute atomic E-state index is 0.242. The number of carbonyl (C=O) groups is 1. The number of fused-ring (bicyclic) bond motifs is 1. The largest absolute Gasteiger partial charge is 0.336 e. The number of nitrogens with one attached hydrogen (secondary N) is 1. The zero-order valence-corrected chi connectivity index (χ0v) is 15.0. The Morgan fingerprint density at radius 2 is 2.04 bits per heavy atom. The lowest BCUT2D eigenvalue weighted by atomic mass is 9.90. The molecule has 0 bridgehead atoms. The van der Waals surface area contributed by atoms with Gasteiger partial charge in [-0.1, -0.05) is 35.8 Å². The van der Waals surface area contributed by atoms with E-state index in [4.69, 9.17) is 4.52 Å². The van der Waals surface area contributed by atoms with Crippen molar-refractivity contribution in [1.29, 1.82) is 0 Å². The Morgan fingerprint density at radius 1 is 1.24 bits per heavy atom. The molecule has 3 aromatic rings.